The van der Waals surface area contributed by atoms with Crippen LogP contribution in [-0.4, -0.2) is 22.6 Å². The molecule has 0 radical (unpaired) electrons. The van der Waals surface area contributed by atoms with Gasteiger partial charge in [0.25, 0.3) is 0 Å². The third-order valence-electron chi connectivity index (χ3n) is 2.57. The number of carbonyl (C=O) groups excluding carboxylic acids is 1. The molecular formula is C13H24O4. The van der Waals surface area contributed by atoms with Crippen LogP contribution in [0.1, 0.15) is 65.7 Å². The van der Waals surface area contributed by atoms with Crippen molar-refractivity contribution in [1.29, 1.82) is 0 Å². The number of carboxylic acids is 1. The Labute approximate surface area is 103 Å². The zero-order valence-corrected chi connectivity index (χ0v) is 11.1. The van der Waals surface area contributed by atoms with Gasteiger partial charge in [0, 0.05) is 0 Å². The second-order valence-electron chi connectivity index (χ2n) is 4.97. The maximum Gasteiger partial charge on any atom is 0.317 e. The lowest BCUT2D eigenvalue weighted by Gasteiger charge is -2.24. The van der Waals surface area contributed by atoms with E-state index in [1.165, 1.54) is 19.3 Å². The van der Waals surface area contributed by atoms with E-state index in [2.05, 4.69) is 6.92 Å². The average Bonchev–Trinajstić information content (AvgIpc) is 2.14. The van der Waals surface area contributed by atoms with Crippen LogP contribution in [0, 0.1) is 0 Å². The standard InChI is InChI=1S/C13H24O4/c1-4-5-6-7-8-9-13(2,3)17-12(16)10-11(14)15/h4-10H2,1-3H3,(H,14,15). The van der Waals surface area contributed by atoms with Gasteiger partial charge < -0.3 is 9.84 Å². The van der Waals surface area contributed by atoms with Gasteiger partial charge in [0.05, 0.1) is 0 Å². The monoisotopic (exact) mass is 244 g/mol. The van der Waals surface area contributed by atoms with E-state index >= 15 is 0 Å². The van der Waals surface area contributed by atoms with E-state index in [1.807, 2.05) is 13.8 Å². The molecule has 0 aromatic carbocycles. The summed E-state index contributed by atoms with van der Waals surface area (Å²) in [4.78, 5) is 21.5. The van der Waals surface area contributed by atoms with Gasteiger partial charge >= 0.3 is 11.9 Å². The minimum absolute atomic E-state index is 0.556. The molecule has 1 N–H and O–H groups in total. The van der Waals surface area contributed by atoms with Gasteiger partial charge in [-0.25, -0.2) is 0 Å². The van der Waals surface area contributed by atoms with Gasteiger partial charge in [0.15, 0.2) is 0 Å². The zero-order chi connectivity index (χ0) is 13.3. The normalized spacial score (nSPS) is 11.2. The summed E-state index contributed by atoms with van der Waals surface area (Å²) >= 11 is 0. The molecule has 100 valence electrons. The first-order valence-electron chi connectivity index (χ1n) is 6.31. The highest BCUT2D eigenvalue weighted by atomic mass is 16.6. The van der Waals surface area contributed by atoms with Crippen molar-refractivity contribution >= 4 is 11.9 Å². The molecule has 0 bridgehead atoms. The maximum absolute atomic E-state index is 11.2. The van der Waals surface area contributed by atoms with Crippen molar-refractivity contribution in [2.45, 2.75) is 71.3 Å². The zero-order valence-electron chi connectivity index (χ0n) is 11.1. The number of carboxylic acid groups (broad SMARTS) is 1. The lowest BCUT2D eigenvalue weighted by molar-refractivity contribution is -0.161. The molecule has 0 atom stereocenters. The Morgan fingerprint density at radius 1 is 1.12 bits per heavy atom. The molecule has 0 aliphatic heterocycles. The number of esters is 1. The summed E-state index contributed by atoms with van der Waals surface area (Å²) < 4.78 is 5.14. The van der Waals surface area contributed by atoms with Gasteiger partial charge in [-0.05, 0) is 26.7 Å². The Hall–Kier alpha value is -1.06. The predicted molar refractivity (Wildman–Crippen MR) is 65.8 cm³/mol. The van der Waals surface area contributed by atoms with Crippen molar-refractivity contribution in [2.75, 3.05) is 0 Å². The third-order valence-corrected chi connectivity index (χ3v) is 2.57. The average molecular weight is 244 g/mol. The minimum atomic E-state index is -1.14. The van der Waals surface area contributed by atoms with E-state index < -0.39 is 24.0 Å². The molecule has 0 aliphatic rings. The van der Waals surface area contributed by atoms with Gasteiger partial charge in [0.2, 0.25) is 0 Å². The van der Waals surface area contributed by atoms with Crippen LogP contribution in [0.3, 0.4) is 0 Å². The van der Waals surface area contributed by atoms with Gasteiger partial charge in [-0.1, -0.05) is 32.6 Å². The second-order valence-corrected chi connectivity index (χ2v) is 4.97. The molecule has 17 heavy (non-hydrogen) atoms. The summed E-state index contributed by atoms with van der Waals surface area (Å²) in [7, 11) is 0. The molecule has 0 saturated carbocycles. The van der Waals surface area contributed by atoms with E-state index in [4.69, 9.17) is 9.84 Å². The van der Waals surface area contributed by atoms with Crippen LogP contribution in [0.4, 0.5) is 0 Å². The topological polar surface area (TPSA) is 63.6 Å². The molecule has 4 heteroatoms. The Balaban J connectivity index is 3.78. The van der Waals surface area contributed by atoms with E-state index in [-0.39, 0.29) is 0 Å². The molecular weight excluding hydrogens is 220 g/mol. The first-order chi connectivity index (χ1) is 7.87. The fourth-order valence-corrected chi connectivity index (χ4v) is 1.67. The summed E-state index contributed by atoms with van der Waals surface area (Å²) in [6, 6.07) is 0. The molecule has 0 spiro atoms. The number of hydrogen-bond acceptors (Lipinski definition) is 3. The van der Waals surface area contributed by atoms with Gasteiger partial charge in [-0.15, -0.1) is 0 Å². The number of hydrogen-bond donors (Lipinski definition) is 1. The summed E-state index contributed by atoms with van der Waals surface area (Å²) in [6.45, 7) is 5.82. The van der Waals surface area contributed by atoms with Gasteiger partial charge in [-0.3, -0.25) is 9.59 Å². The van der Waals surface area contributed by atoms with Crippen LogP contribution in [0.25, 0.3) is 0 Å². The largest absolute Gasteiger partial charge is 0.481 e. The van der Waals surface area contributed by atoms with Crippen molar-refractivity contribution in [3.8, 4) is 0 Å². The summed E-state index contributed by atoms with van der Waals surface area (Å²) in [5, 5.41) is 8.45. The fraction of sp³-hybridized carbons (Fsp3) is 0.846. The summed E-state index contributed by atoms with van der Waals surface area (Å²) in [5.41, 5.74) is -0.557. The van der Waals surface area contributed by atoms with E-state index in [1.54, 1.807) is 0 Å². The Morgan fingerprint density at radius 2 is 1.71 bits per heavy atom. The van der Waals surface area contributed by atoms with E-state index in [0.29, 0.717) is 0 Å². The van der Waals surface area contributed by atoms with Crippen LogP contribution in [0.5, 0.6) is 0 Å². The Bertz CT molecular complexity index is 246. The van der Waals surface area contributed by atoms with Crippen LogP contribution in [-0.2, 0) is 14.3 Å². The molecule has 4 nitrogen and oxygen atoms in total. The van der Waals surface area contributed by atoms with Crippen molar-refractivity contribution in [2.24, 2.45) is 0 Å². The molecule has 0 aromatic heterocycles. The molecule has 0 rings (SSSR count). The summed E-state index contributed by atoms with van der Waals surface area (Å²) in [5.74, 6) is -1.80. The minimum Gasteiger partial charge on any atom is -0.481 e. The molecule has 0 unspecified atom stereocenters. The first-order valence-corrected chi connectivity index (χ1v) is 6.31. The van der Waals surface area contributed by atoms with Crippen LogP contribution >= 0.6 is 0 Å². The van der Waals surface area contributed by atoms with E-state index in [0.717, 1.165) is 19.3 Å². The van der Waals surface area contributed by atoms with Crippen molar-refractivity contribution in [3.05, 3.63) is 0 Å². The van der Waals surface area contributed by atoms with Gasteiger partial charge in [0.1, 0.15) is 12.0 Å². The van der Waals surface area contributed by atoms with Crippen molar-refractivity contribution in [3.63, 3.8) is 0 Å². The molecule has 0 amide bonds. The van der Waals surface area contributed by atoms with Crippen LogP contribution in [0.2, 0.25) is 0 Å². The van der Waals surface area contributed by atoms with Crippen molar-refractivity contribution in [1.82, 2.24) is 0 Å². The fourth-order valence-electron chi connectivity index (χ4n) is 1.67. The molecule has 0 heterocycles. The SMILES string of the molecule is CCCCCCCC(C)(C)OC(=O)CC(=O)O. The summed E-state index contributed by atoms with van der Waals surface area (Å²) in [6.07, 6.45) is 6.01. The van der Waals surface area contributed by atoms with Gasteiger partial charge in [-0.2, -0.15) is 0 Å². The van der Waals surface area contributed by atoms with E-state index in [9.17, 15) is 9.59 Å². The molecule has 0 aliphatic carbocycles. The highest BCUT2D eigenvalue weighted by Crippen LogP contribution is 2.20. The highest BCUT2D eigenvalue weighted by Gasteiger charge is 2.23. The second kappa shape index (κ2) is 8.09. The van der Waals surface area contributed by atoms with Crippen LogP contribution in [0.15, 0.2) is 0 Å². The molecule has 0 fully saturated rings. The third kappa shape index (κ3) is 9.85. The number of carbonyl (C=O) groups is 2. The number of unbranched alkanes of at least 4 members (excludes halogenated alkanes) is 4. The number of ether oxygens (including phenoxy) is 1. The molecule has 0 aromatic rings. The maximum atomic E-state index is 11.2. The number of rotatable bonds is 9. The predicted octanol–water partition coefficient (Wildman–Crippen LogP) is 3.14. The quantitative estimate of drug-likeness (QED) is 0.384. The highest BCUT2D eigenvalue weighted by molar-refractivity contribution is 5.90. The smallest absolute Gasteiger partial charge is 0.317 e. The van der Waals surface area contributed by atoms with Crippen molar-refractivity contribution < 1.29 is 19.4 Å². The van der Waals surface area contributed by atoms with Crippen LogP contribution < -0.4 is 0 Å². The Kier molecular flexibility index (Phi) is 7.59. The first kappa shape index (κ1) is 15.9. The lowest BCUT2D eigenvalue weighted by Crippen LogP contribution is -2.29. The lowest BCUT2D eigenvalue weighted by atomic mass is 9.99. The number of aliphatic carboxylic acids is 1. The Morgan fingerprint density at radius 3 is 2.24 bits per heavy atom. The molecule has 0 saturated heterocycles.